The Morgan fingerprint density at radius 3 is 2.38 bits per heavy atom. The predicted octanol–water partition coefficient (Wildman–Crippen LogP) is 4.70. The summed E-state index contributed by atoms with van der Waals surface area (Å²) in [5.74, 6) is -0.277. The van der Waals surface area contributed by atoms with Crippen molar-refractivity contribution < 1.29 is 4.39 Å². The highest BCUT2D eigenvalue weighted by Gasteiger charge is 2.20. The van der Waals surface area contributed by atoms with Crippen molar-refractivity contribution in [2.75, 3.05) is 11.9 Å². The maximum absolute atomic E-state index is 14.1. The predicted molar refractivity (Wildman–Crippen MR) is 87.3 cm³/mol. The molecule has 0 aliphatic carbocycles. The van der Waals surface area contributed by atoms with Crippen molar-refractivity contribution in [2.24, 2.45) is 5.73 Å². The Balaban J connectivity index is 2.43. The molecule has 0 saturated carbocycles. The maximum atomic E-state index is 14.1. The standard InChI is InChI=1S/C17H20ClFN2/c1-11(20)17-15(19)9-6-10-16(17)21(3)12(2)13-7-4-5-8-14(13)18/h4-12H,20H2,1-3H3/t11-,12?/m0/s1. The lowest BCUT2D eigenvalue weighted by atomic mass is 10.0. The molecule has 2 rings (SSSR count). The molecule has 0 heterocycles. The fraction of sp³-hybridized carbons (Fsp3) is 0.294. The second-order valence-corrected chi connectivity index (χ2v) is 5.68. The summed E-state index contributed by atoms with van der Waals surface area (Å²) in [5.41, 5.74) is 8.25. The molecule has 1 unspecified atom stereocenters. The zero-order chi connectivity index (χ0) is 15.6. The second-order valence-electron chi connectivity index (χ2n) is 5.27. The average molecular weight is 307 g/mol. The number of hydrogen-bond acceptors (Lipinski definition) is 2. The van der Waals surface area contributed by atoms with Gasteiger partial charge in [-0.05, 0) is 37.6 Å². The molecule has 0 aliphatic rings. The van der Waals surface area contributed by atoms with Crippen LogP contribution in [0.3, 0.4) is 0 Å². The van der Waals surface area contributed by atoms with Crippen LogP contribution < -0.4 is 10.6 Å². The van der Waals surface area contributed by atoms with E-state index in [9.17, 15) is 4.39 Å². The largest absolute Gasteiger partial charge is 0.367 e. The lowest BCUT2D eigenvalue weighted by Crippen LogP contribution is -2.25. The molecular formula is C17H20ClFN2. The van der Waals surface area contributed by atoms with E-state index in [0.29, 0.717) is 10.6 Å². The quantitative estimate of drug-likeness (QED) is 0.887. The topological polar surface area (TPSA) is 29.3 Å². The summed E-state index contributed by atoms with van der Waals surface area (Å²) in [6.07, 6.45) is 0. The molecule has 2 aromatic rings. The fourth-order valence-electron chi connectivity index (χ4n) is 2.52. The van der Waals surface area contributed by atoms with E-state index in [-0.39, 0.29) is 17.9 Å². The minimum absolute atomic E-state index is 0.0120. The Morgan fingerprint density at radius 2 is 1.76 bits per heavy atom. The van der Waals surface area contributed by atoms with Crippen LogP contribution in [0.2, 0.25) is 5.02 Å². The average Bonchev–Trinajstić information content (AvgIpc) is 2.45. The zero-order valence-corrected chi connectivity index (χ0v) is 13.2. The number of anilines is 1. The molecule has 0 spiro atoms. The monoisotopic (exact) mass is 306 g/mol. The van der Waals surface area contributed by atoms with Crippen LogP contribution in [0.25, 0.3) is 0 Å². The third kappa shape index (κ3) is 3.20. The van der Waals surface area contributed by atoms with Crippen molar-refractivity contribution in [1.29, 1.82) is 0 Å². The van der Waals surface area contributed by atoms with Gasteiger partial charge in [0.25, 0.3) is 0 Å². The van der Waals surface area contributed by atoms with Gasteiger partial charge in [-0.25, -0.2) is 4.39 Å². The molecule has 0 aromatic heterocycles. The lowest BCUT2D eigenvalue weighted by molar-refractivity contribution is 0.590. The first-order valence-electron chi connectivity index (χ1n) is 6.94. The van der Waals surface area contributed by atoms with Gasteiger partial charge in [-0.1, -0.05) is 35.9 Å². The van der Waals surface area contributed by atoms with Crippen LogP contribution in [-0.4, -0.2) is 7.05 Å². The van der Waals surface area contributed by atoms with E-state index in [2.05, 4.69) is 0 Å². The van der Waals surface area contributed by atoms with Crippen LogP contribution >= 0.6 is 11.6 Å². The van der Waals surface area contributed by atoms with Crippen molar-refractivity contribution in [2.45, 2.75) is 25.9 Å². The molecule has 112 valence electrons. The summed E-state index contributed by atoms with van der Waals surface area (Å²) in [6.45, 7) is 3.83. The molecule has 2 aromatic carbocycles. The van der Waals surface area contributed by atoms with E-state index in [0.717, 1.165) is 11.3 Å². The molecule has 0 aliphatic heterocycles. The third-order valence-corrected chi connectivity index (χ3v) is 4.15. The van der Waals surface area contributed by atoms with Crippen LogP contribution in [0.1, 0.15) is 37.1 Å². The van der Waals surface area contributed by atoms with E-state index in [4.69, 9.17) is 17.3 Å². The molecule has 21 heavy (non-hydrogen) atoms. The van der Waals surface area contributed by atoms with Gasteiger partial charge in [-0.15, -0.1) is 0 Å². The molecular weight excluding hydrogens is 287 g/mol. The van der Waals surface area contributed by atoms with Crippen molar-refractivity contribution in [3.05, 3.63) is 64.4 Å². The smallest absolute Gasteiger partial charge is 0.130 e. The molecule has 0 bridgehead atoms. The minimum atomic E-state index is -0.373. The first kappa shape index (κ1) is 15.8. The summed E-state index contributed by atoms with van der Waals surface area (Å²) in [5, 5.41) is 0.704. The van der Waals surface area contributed by atoms with Crippen molar-refractivity contribution in [3.63, 3.8) is 0 Å². The van der Waals surface area contributed by atoms with Gasteiger partial charge in [0.05, 0.1) is 6.04 Å². The van der Waals surface area contributed by atoms with Gasteiger partial charge in [0.15, 0.2) is 0 Å². The Labute approximate surface area is 130 Å². The van der Waals surface area contributed by atoms with Gasteiger partial charge in [0.1, 0.15) is 5.82 Å². The molecule has 2 atom stereocenters. The molecule has 0 fully saturated rings. The Morgan fingerprint density at radius 1 is 1.10 bits per heavy atom. The van der Waals surface area contributed by atoms with Crippen LogP contribution in [0, 0.1) is 5.82 Å². The highest BCUT2D eigenvalue weighted by atomic mass is 35.5. The summed E-state index contributed by atoms with van der Waals surface area (Å²) in [7, 11) is 1.93. The Hall–Kier alpha value is -1.58. The van der Waals surface area contributed by atoms with Gasteiger partial charge in [-0.2, -0.15) is 0 Å². The summed E-state index contributed by atoms with van der Waals surface area (Å²) in [4.78, 5) is 2.00. The van der Waals surface area contributed by atoms with E-state index in [1.165, 1.54) is 6.07 Å². The lowest BCUT2D eigenvalue weighted by Gasteiger charge is -2.31. The molecule has 4 heteroatoms. The van der Waals surface area contributed by atoms with E-state index in [1.807, 2.05) is 49.2 Å². The number of benzene rings is 2. The Bertz CT molecular complexity index is 628. The first-order valence-corrected chi connectivity index (χ1v) is 7.32. The summed E-state index contributed by atoms with van der Waals surface area (Å²) in [6, 6.07) is 12.4. The summed E-state index contributed by atoms with van der Waals surface area (Å²) >= 11 is 6.26. The van der Waals surface area contributed by atoms with E-state index in [1.54, 1.807) is 13.0 Å². The highest BCUT2D eigenvalue weighted by Crippen LogP contribution is 2.34. The van der Waals surface area contributed by atoms with E-state index < -0.39 is 0 Å². The normalized spacial score (nSPS) is 13.8. The SMILES string of the molecule is CC(c1ccccc1Cl)N(C)c1cccc(F)c1[C@H](C)N. The van der Waals surface area contributed by atoms with Crippen LogP contribution in [0.5, 0.6) is 0 Å². The number of nitrogens with zero attached hydrogens (tertiary/aromatic N) is 1. The molecule has 0 radical (unpaired) electrons. The molecule has 0 amide bonds. The molecule has 2 N–H and O–H groups in total. The number of nitrogens with two attached hydrogens (primary N) is 1. The number of hydrogen-bond donors (Lipinski definition) is 1. The van der Waals surface area contributed by atoms with Gasteiger partial charge in [0.2, 0.25) is 0 Å². The fourth-order valence-corrected chi connectivity index (χ4v) is 2.81. The van der Waals surface area contributed by atoms with Crippen molar-refractivity contribution in [3.8, 4) is 0 Å². The van der Waals surface area contributed by atoms with Gasteiger partial charge < -0.3 is 10.6 Å². The van der Waals surface area contributed by atoms with Gasteiger partial charge in [-0.3, -0.25) is 0 Å². The van der Waals surface area contributed by atoms with Crippen LogP contribution in [-0.2, 0) is 0 Å². The molecule has 0 saturated heterocycles. The highest BCUT2D eigenvalue weighted by molar-refractivity contribution is 6.31. The number of halogens is 2. The van der Waals surface area contributed by atoms with Crippen LogP contribution in [0.15, 0.2) is 42.5 Å². The summed E-state index contributed by atoms with van der Waals surface area (Å²) < 4.78 is 14.1. The number of rotatable bonds is 4. The Kier molecular flexibility index (Phi) is 4.86. The van der Waals surface area contributed by atoms with Crippen molar-refractivity contribution >= 4 is 17.3 Å². The van der Waals surface area contributed by atoms with Gasteiger partial charge >= 0.3 is 0 Å². The first-order chi connectivity index (χ1) is 9.93. The van der Waals surface area contributed by atoms with Crippen LogP contribution in [0.4, 0.5) is 10.1 Å². The van der Waals surface area contributed by atoms with E-state index >= 15 is 0 Å². The minimum Gasteiger partial charge on any atom is -0.367 e. The second kappa shape index (κ2) is 6.46. The maximum Gasteiger partial charge on any atom is 0.130 e. The molecule has 2 nitrogen and oxygen atoms in total. The third-order valence-electron chi connectivity index (χ3n) is 3.80. The van der Waals surface area contributed by atoms with Gasteiger partial charge in [0, 0.05) is 29.4 Å². The zero-order valence-electron chi connectivity index (χ0n) is 12.5. The van der Waals surface area contributed by atoms with Crippen molar-refractivity contribution in [1.82, 2.24) is 0 Å².